The summed E-state index contributed by atoms with van der Waals surface area (Å²) in [6.45, 7) is 6.29. The molecule has 19 heavy (non-hydrogen) atoms. The van der Waals surface area contributed by atoms with E-state index in [1.54, 1.807) is 12.1 Å². The van der Waals surface area contributed by atoms with Crippen molar-refractivity contribution in [3.8, 4) is 0 Å². The van der Waals surface area contributed by atoms with E-state index in [2.05, 4.69) is 5.32 Å². The van der Waals surface area contributed by atoms with Gasteiger partial charge >= 0.3 is 0 Å². The number of morpholine rings is 1. The molecule has 1 aromatic carbocycles. The lowest BCUT2D eigenvalue weighted by molar-refractivity contribution is -0.907. The van der Waals surface area contributed by atoms with E-state index >= 15 is 0 Å². The van der Waals surface area contributed by atoms with Crippen LogP contribution in [0.2, 0.25) is 5.02 Å². The van der Waals surface area contributed by atoms with Crippen molar-refractivity contribution < 1.29 is 14.4 Å². The number of amides is 1. The molecular weight excluding hydrogens is 264 g/mol. The van der Waals surface area contributed by atoms with E-state index in [1.807, 2.05) is 26.0 Å². The monoisotopic (exact) mass is 283 g/mol. The number of carbonyl (C=O) groups excluding carboxylic acids is 1. The van der Waals surface area contributed by atoms with E-state index in [0.29, 0.717) is 11.6 Å². The molecule has 0 spiro atoms. The van der Waals surface area contributed by atoms with Crippen LogP contribution in [0.15, 0.2) is 24.3 Å². The Morgan fingerprint density at radius 1 is 1.42 bits per heavy atom. The number of carbonyl (C=O) groups is 1. The maximum Gasteiger partial charge on any atom is 0.279 e. The Bertz CT molecular complexity index is 443. The lowest BCUT2D eigenvalue weighted by Crippen LogP contribution is -3.16. The molecule has 0 aliphatic carbocycles. The van der Waals surface area contributed by atoms with Crippen LogP contribution in [0.4, 0.5) is 5.69 Å². The van der Waals surface area contributed by atoms with Crippen molar-refractivity contribution in [3.05, 3.63) is 29.3 Å². The minimum absolute atomic E-state index is 0.0126. The molecule has 1 aliphatic rings. The summed E-state index contributed by atoms with van der Waals surface area (Å²) in [7, 11) is 0. The van der Waals surface area contributed by atoms with Gasteiger partial charge in [0.2, 0.25) is 0 Å². The highest BCUT2D eigenvalue weighted by Crippen LogP contribution is 2.14. The third kappa shape index (κ3) is 4.49. The number of quaternary nitrogens is 1. The fourth-order valence-electron chi connectivity index (χ4n) is 2.53. The van der Waals surface area contributed by atoms with E-state index in [1.165, 1.54) is 4.90 Å². The Hall–Kier alpha value is -1.10. The van der Waals surface area contributed by atoms with Crippen molar-refractivity contribution in [3.63, 3.8) is 0 Å². The van der Waals surface area contributed by atoms with Crippen molar-refractivity contribution in [2.75, 3.05) is 25.0 Å². The number of hydrogen-bond acceptors (Lipinski definition) is 2. The predicted molar refractivity (Wildman–Crippen MR) is 75.7 cm³/mol. The summed E-state index contributed by atoms with van der Waals surface area (Å²) in [4.78, 5) is 13.2. The molecule has 1 aliphatic heterocycles. The highest BCUT2D eigenvalue weighted by Gasteiger charge is 2.27. The van der Waals surface area contributed by atoms with Crippen LogP contribution in [0.25, 0.3) is 0 Å². The lowest BCUT2D eigenvalue weighted by atomic mass is 10.2. The summed E-state index contributed by atoms with van der Waals surface area (Å²) >= 11 is 5.89. The summed E-state index contributed by atoms with van der Waals surface area (Å²) in [6, 6.07) is 7.19. The van der Waals surface area contributed by atoms with Crippen LogP contribution in [0.5, 0.6) is 0 Å². The fourth-order valence-corrected chi connectivity index (χ4v) is 2.72. The SMILES string of the molecule is C[C@H]1C[NH+](CC(=O)Nc2cccc(Cl)c2)C[C@H](C)O1. The molecule has 104 valence electrons. The molecule has 1 heterocycles. The second kappa shape index (κ2) is 6.37. The number of rotatable bonds is 3. The molecule has 1 amide bonds. The van der Waals surface area contributed by atoms with Crippen molar-refractivity contribution in [1.82, 2.24) is 0 Å². The van der Waals surface area contributed by atoms with Crippen LogP contribution >= 0.6 is 11.6 Å². The zero-order valence-corrected chi connectivity index (χ0v) is 12.0. The summed E-state index contributed by atoms with van der Waals surface area (Å²) in [5.41, 5.74) is 0.742. The first kappa shape index (κ1) is 14.3. The maximum atomic E-state index is 12.0. The first-order chi connectivity index (χ1) is 9.02. The van der Waals surface area contributed by atoms with Gasteiger partial charge in [-0.3, -0.25) is 4.79 Å². The van der Waals surface area contributed by atoms with E-state index in [9.17, 15) is 4.79 Å². The number of nitrogens with one attached hydrogen (secondary N) is 2. The zero-order chi connectivity index (χ0) is 13.8. The minimum atomic E-state index is 0.0126. The highest BCUT2D eigenvalue weighted by molar-refractivity contribution is 6.30. The first-order valence-corrected chi connectivity index (χ1v) is 6.95. The van der Waals surface area contributed by atoms with Gasteiger partial charge in [-0.25, -0.2) is 0 Å². The molecule has 5 heteroatoms. The number of halogens is 1. The van der Waals surface area contributed by atoms with Crippen LogP contribution in [-0.4, -0.2) is 37.7 Å². The molecule has 1 saturated heterocycles. The van der Waals surface area contributed by atoms with Crippen LogP contribution in [0, 0.1) is 0 Å². The largest absolute Gasteiger partial charge is 0.364 e. The van der Waals surface area contributed by atoms with Crippen molar-refractivity contribution in [1.29, 1.82) is 0 Å². The van der Waals surface area contributed by atoms with Gasteiger partial charge in [-0.2, -0.15) is 0 Å². The highest BCUT2D eigenvalue weighted by atomic mass is 35.5. The molecule has 0 radical (unpaired) electrons. The molecule has 1 aromatic rings. The summed E-state index contributed by atoms with van der Waals surface area (Å²) in [5, 5.41) is 3.50. The molecule has 4 nitrogen and oxygen atoms in total. The second-order valence-corrected chi connectivity index (χ2v) is 5.59. The number of ether oxygens (including phenoxy) is 1. The van der Waals surface area contributed by atoms with E-state index < -0.39 is 0 Å². The molecule has 2 N–H and O–H groups in total. The van der Waals surface area contributed by atoms with Crippen molar-refractivity contribution >= 4 is 23.2 Å². The van der Waals surface area contributed by atoms with E-state index in [0.717, 1.165) is 18.8 Å². The smallest absolute Gasteiger partial charge is 0.279 e. The Balaban J connectivity index is 1.87. The second-order valence-electron chi connectivity index (χ2n) is 5.15. The Morgan fingerprint density at radius 3 is 2.74 bits per heavy atom. The van der Waals surface area contributed by atoms with Crippen LogP contribution in [0.1, 0.15) is 13.8 Å². The molecule has 0 aromatic heterocycles. The lowest BCUT2D eigenvalue weighted by Gasteiger charge is -2.31. The van der Waals surface area contributed by atoms with Crippen molar-refractivity contribution in [2.24, 2.45) is 0 Å². The van der Waals surface area contributed by atoms with Gasteiger partial charge in [-0.05, 0) is 32.0 Å². The molecule has 2 rings (SSSR count). The Kier molecular flexibility index (Phi) is 4.80. The molecule has 0 unspecified atom stereocenters. The van der Waals surface area contributed by atoms with Gasteiger partial charge in [0.1, 0.15) is 25.3 Å². The maximum absolute atomic E-state index is 12.0. The quantitative estimate of drug-likeness (QED) is 0.868. The molecule has 1 fully saturated rings. The van der Waals surface area contributed by atoms with Crippen molar-refractivity contribution in [2.45, 2.75) is 26.1 Å². The van der Waals surface area contributed by atoms with Gasteiger partial charge in [0, 0.05) is 10.7 Å². The Morgan fingerprint density at radius 2 is 2.11 bits per heavy atom. The zero-order valence-electron chi connectivity index (χ0n) is 11.3. The molecule has 0 saturated carbocycles. The van der Waals surface area contributed by atoms with Crippen LogP contribution in [-0.2, 0) is 9.53 Å². The van der Waals surface area contributed by atoms with E-state index in [4.69, 9.17) is 16.3 Å². The normalized spacial score (nSPS) is 27.0. The van der Waals surface area contributed by atoms with Gasteiger partial charge in [-0.1, -0.05) is 17.7 Å². The predicted octanol–water partition coefficient (Wildman–Crippen LogP) is 0.971. The Labute approximate surface area is 118 Å². The number of anilines is 1. The van der Waals surface area contributed by atoms with Crippen LogP contribution < -0.4 is 10.2 Å². The average molecular weight is 284 g/mol. The molecule has 0 bridgehead atoms. The summed E-state index contributed by atoms with van der Waals surface area (Å²) in [5.74, 6) is 0.0126. The minimum Gasteiger partial charge on any atom is -0.364 e. The number of benzene rings is 1. The van der Waals surface area contributed by atoms with Gasteiger partial charge in [-0.15, -0.1) is 0 Å². The summed E-state index contributed by atoms with van der Waals surface area (Å²) < 4.78 is 5.66. The van der Waals surface area contributed by atoms with Gasteiger partial charge in [0.15, 0.2) is 6.54 Å². The fraction of sp³-hybridized carbons (Fsp3) is 0.500. The van der Waals surface area contributed by atoms with E-state index in [-0.39, 0.29) is 18.1 Å². The average Bonchev–Trinajstić information content (AvgIpc) is 2.26. The van der Waals surface area contributed by atoms with Gasteiger partial charge < -0.3 is 15.0 Å². The summed E-state index contributed by atoms with van der Waals surface area (Å²) in [6.07, 6.45) is 0.412. The first-order valence-electron chi connectivity index (χ1n) is 6.57. The van der Waals surface area contributed by atoms with Gasteiger partial charge in [0.25, 0.3) is 5.91 Å². The topological polar surface area (TPSA) is 42.8 Å². The molecule has 2 atom stereocenters. The van der Waals surface area contributed by atoms with Gasteiger partial charge in [0.05, 0.1) is 0 Å². The standard InChI is InChI=1S/C14H19ClN2O2/c1-10-7-17(8-11(2)19-10)9-14(18)16-13-5-3-4-12(15)6-13/h3-6,10-11H,7-9H2,1-2H3,(H,16,18)/p+1/t10-,11-/m0/s1. The third-order valence-electron chi connectivity index (χ3n) is 3.14. The van der Waals surface area contributed by atoms with Crippen LogP contribution in [0.3, 0.4) is 0 Å². The molecular formula is C14H20ClN2O2+. The third-order valence-corrected chi connectivity index (χ3v) is 3.37. The number of hydrogen-bond donors (Lipinski definition) is 2.